The molecule has 1 atom stereocenters. The van der Waals surface area contributed by atoms with E-state index in [9.17, 15) is 18.4 Å². The van der Waals surface area contributed by atoms with E-state index >= 15 is 0 Å². The Morgan fingerprint density at radius 3 is 2.56 bits per heavy atom. The highest BCUT2D eigenvalue weighted by molar-refractivity contribution is 8.05. The number of carbonyl (C=O) groups excluding carboxylic acids is 2. The van der Waals surface area contributed by atoms with Gasteiger partial charge in [-0.15, -0.1) is 0 Å². The zero-order chi connectivity index (χ0) is 17.7. The first-order valence-corrected chi connectivity index (χ1v) is 8.36. The van der Waals surface area contributed by atoms with Crippen LogP contribution in [0.15, 0.2) is 34.3 Å². The van der Waals surface area contributed by atoms with Gasteiger partial charge in [-0.1, -0.05) is 11.8 Å². The molecule has 6 nitrogen and oxygen atoms in total. The maximum absolute atomic E-state index is 14.5. The minimum absolute atomic E-state index is 0.0770. The summed E-state index contributed by atoms with van der Waals surface area (Å²) in [6, 6.07) is 2.21. The van der Waals surface area contributed by atoms with Crippen molar-refractivity contribution in [2.24, 2.45) is 0 Å². The van der Waals surface area contributed by atoms with Crippen LogP contribution in [0, 0.1) is 11.6 Å². The number of carbonyl (C=O) groups is 2. The van der Waals surface area contributed by atoms with Crippen molar-refractivity contribution in [3.63, 3.8) is 0 Å². The Balaban J connectivity index is 1.57. The Hall–Kier alpha value is -2.55. The van der Waals surface area contributed by atoms with Crippen molar-refractivity contribution >= 4 is 29.4 Å². The number of benzene rings is 1. The number of amides is 2. The zero-order valence-electron chi connectivity index (χ0n) is 13.1. The summed E-state index contributed by atoms with van der Waals surface area (Å²) in [5.74, 6) is -1.79. The van der Waals surface area contributed by atoms with Gasteiger partial charge in [0, 0.05) is 41.2 Å². The van der Waals surface area contributed by atoms with Crippen molar-refractivity contribution in [1.82, 2.24) is 9.88 Å². The molecule has 1 saturated heterocycles. The smallest absolute Gasteiger partial charge is 0.414 e. The fourth-order valence-electron chi connectivity index (χ4n) is 2.74. The van der Waals surface area contributed by atoms with Gasteiger partial charge in [-0.05, 0) is 0 Å². The average Bonchev–Trinajstić information content (AvgIpc) is 2.97. The minimum atomic E-state index is -0.770. The highest BCUT2D eigenvalue weighted by Gasteiger charge is 2.33. The fraction of sp³-hybridized carbons (Fsp3) is 0.250. The quantitative estimate of drug-likeness (QED) is 0.722. The number of anilines is 1. The van der Waals surface area contributed by atoms with E-state index in [2.05, 4.69) is 5.32 Å². The van der Waals surface area contributed by atoms with E-state index in [1.165, 1.54) is 11.5 Å². The first-order chi connectivity index (χ1) is 11.9. The molecule has 9 heteroatoms. The van der Waals surface area contributed by atoms with Crippen molar-refractivity contribution in [3.8, 4) is 5.69 Å². The highest BCUT2D eigenvalue weighted by atomic mass is 32.2. The van der Waals surface area contributed by atoms with Gasteiger partial charge in [-0.25, -0.2) is 13.6 Å². The van der Waals surface area contributed by atoms with Crippen LogP contribution in [-0.4, -0.2) is 35.8 Å². The molecule has 0 radical (unpaired) electrons. The van der Waals surface area contributed by atoms with E-state index < -0.39 is 23.8 Å². The van der Waals surface area contributed by atoms with Crippen LogP contribution < -0.4 is 10.2 Å². The summed E-state index contributed by atoms with van der Waals surface area (Å²) in [7, 11) is 0. The van der Waals surface area contributed by atoms with E-state index in [-0.39, 0.29) is 30.4 Å². The molecule has 130 valence electrons. The Labute approximate surface area is 145 Å². The number of fused-ring (bicyclic) bond motifs is 1. The number of halogens is 2. The van der Waals surface area contributed by atoms with Gasteiger partial charge in [0.25, 0.3) is 0 Å². The summed E-state index contributed by atoms with van der Waals surface area (Å²) in [6.45, 7) is 1.60. The lowest BCUT2D eigenvalue weighted by Crippen LogP contribution is -2.33. The average molecular weight is 365 g/mol. The molecule has 1 N–H and O–H groups in total. The van der Waals surface area contributed by atoms with Crippen LogP contribution in [0.5, 0.6) is 0 Å². The summed E-state index contributed by atoms with van der Waals surface area (Å²) in [4.78, 5) is 26.0. The van der Waals surface area contributed by atoms with Gasteiger partial charge in [0.1, 0.15) is 11.8 Å². The van der Waals surface area contributed by atoms with E-state index in [1.54, 1.807) is 24.2 Å². The van der Waals surface area contributed by atoms with Gasteiger partial charge in [-0.2, -0.15) is 0 Å². The van der Waals surface area contributed by atoms with Gasteiger partial charge in [0.15, 0.2) is 11.6 Å². The molecule has 2 aromatic rings. The number of hydrogen-bond acceptors (Lipinski definition) is 4. The van der Waals surface area contributed by atoms with Crippen molar-refractivity contribution in [1.29, 1.82) is 0 Å². The van der Waals surface area contributed by atoms with Gasteiger partial charge in [0.2, 0.25) is 5.91 Å². The molecule has 25 heavy (non-hydrogen) atoms. The van der Waals surface area contributed by atoms with E-state index in [1.807, 2.05) is 0 Å². The maximum Gasteiger partial charge on any atom is 0.414 e. The predicted octanol–water partition coefficient (Wildman–Crippen LogP) is 2.68. The zero-order valence-corrected chi connectivity index (χ0v) is 13.9. The molecule has 0 bridgehead atoms. The molecule has 2 aliphatic heterocycles. The molecule has 0 saturated carbocycles. The van der Waals surface area contributed by atoms with Crippen LogP contribution in [0.2, 0.25) is 0 Å². The molecular formula is C16H13F2N3O3S. The molecule has 4 rings (SSSR count). The number of hydrogen-bond donors (Lipinski definition) is 1. The van der Waals surface area contributed by atoms with Crippen LogP contribution in [-0.2, 0) is 9.53 Å². The van der Waals surface area contributed by atoms with Crippen LogP contribution >= 0.6 is 11.8 Å². The minimum Gasteiger partial charge on any atom is -0.442 e. The summed E-state index contributed by atoms with van der Waals surface area (Å²) < 4.78 is 35.4. The van der Waals surface area contributed by atoms with Crippen LogP contribution in [0.1, 0.15) is 6.92 Å². The molecule has 2 aliphatic rings. The second-order valence-electron chi connectivity index (χ2n) is 5.81. The SMILES string of the molecule is CC(=O)NCC1CN(c2cc(F)c(-n3cc4c(c3)S4)c(F)c2)C(=O)O1. The molecule has 1 fully saturated rings. The third kappa shape index (κ3) is 2.95. The van der Waals surface area contributed by atoms with Gasteiger partial charge >= 0.3 is 6.09 Å². The van der Waals surface area contributed by atoms with E-state index in [4.69, 9.17) is 4.74 Å². The Morgan fingerprint density at radius 2 is 1.96 bits per heavy atom. The van der Waals surface area contributed by atoms with Crippen LogP contribution in [0.25, 0.3) is 5.69 Å². The van der Waals surface area contributed by atoms with E-state index in [0.717, 1.165) is 26.8 Å². The number of ether oxygens (including phenoxy) is 1. The predicted molar refractivity (Wildman–Crippen MR) is 86.1 cm³/mol. The molecule has 3 heterocycles. The first-order valence-electron chi connectivity index (χ1n) is 7.54. The molecule has 1 aromatic carbocycles. The second kappa shape index (κ2) is 5.76. The lowest BCUT2D eigenvalue weighted by atomic mass is 10.2. The van der Waals surface area contributed by atoms with Gasteiger partial charge in [-0.3, -0.25) is 9.69 Å². The first kappa shape index (κ1) is 15.9. The summed E-state index contributed by atoms with van der Waals surface area (Å²) in [5.41, 5.74) is -0.105. The summed E-state index contributed by atoms with van der Waals surface area (Å²) in [5, 5.41) is 2.54. The number of aromatic nitrogens is 1. The number of nitrogens with zero attached hydrogens (tertiary/aromatic N) is 2. The van der Waals surface area contributed by atoms with Crippen molar-refractivity contribution in [2.45, 2.75) is 22.8 Å². The third-order valence-corrected chi connectivity index (χ3v) is 4.84. The topological polar surface area (TPSA) is 63.6 Å². The Bertz CT molecular complexity index is 856. The van der Waals surface area contributed by atoms with Crippen LogP contribution in [0.4, 0.5) is 19.3 Å². The summed E-state index contributed by atoms with van der Waals surface area (Å²) in [6.07, 6.45) is 2.05. The highest BCUT2D eigenvalue weighted by Crippen LogP contribution is 2.49. The third-order valence-electron chi connectivity index (χ3n) is 3.96. The van der Waals surface area contributed by atoms with Crippen molar-refractivity contribution < 1.29 is 23.1 Å². The molecule has 0 aliphatic carbocycles. The molecular weight excluding hydrogens is 352 g/mol. The van der Waals surface area contributed by atoms with Gasteiger partial charge in [0.05, 0.1) is 18.8 Å². The van der Waals surface area contributed by atoms with Crippen molar-refractivity contribution in [2.75, 3.05) is 18.0 Å². The molecule has 1 unspecified atom stereocenters. The Morgan fingerprint density at radius 1 is 1.32 bits per heavy atom. The summed E-state index contributed by atoms with van der Waals surface area (Å²) >= 11 is 1.56. The van der Waals surface area contributed by atoms with E-state index in [0.29, 0.717) is 0 Å². The monoisotopic (exact) mass is 365 g/mol. The number of rotatable bonds is 4. The number of nitrogens with one attached hydrogen (secondary N) is 1. The molecule has 1 aromatic heterocycles. The normalized spacial score (nSPS) is 18.1. The lowest BCUT2D eigenvalue weighted by Gasteiger charge is -2.15. The lowest BCUT2D eigenvalue weighted by molar-refractivity contribution is -0.119. The second-order valence-corrected chi connectivity index (χ2v) is 6.89. The van der Waals surface area contributed by atoms with Crippen LogP contribution in [0.3, 0.4) is 0 Å². The maximum atomic E-state index is 14.5. The van der Waals surface area contributed by atoms with Crippen molar-refractivity contribution in [3.05, 3.63) is 36.2 Å². The number of cyclic esters (lactones) is 1. The van der Waals surface area contributed by atoms with Gasteiger partial charge < -0.3 is 14.6 Å². The standard InChI is InChI=1S/C16H13F2N3O3S/c1-8(22)19-4-10-5-21(16(23)24-10)9-2-11(17)15(12(18)3-9)20-6-13-14(7-20)25-13/h2-3,6-7,10H,4-5H2,1H3,(H,19,22). The molecule has 0 spiro atoms. The largest absolute Gasteiger partial charge is 0.442 e. The Kier molecular flexibility index (Phi) is 3.68. The molecule has 2 amide bonds. The fourth-order valence-corrected chi connectivity index (χ4v) is 3.37.